The Morgan fingerprint density at radius 3 is 2.33 bits per heavy atom. The lowest BCUT2D eigenvalue weighted by molar-refractivity contribution is -0.129. The third-order valence-corrected chi connectivity index (χ3v) is 5.68. The van der Waals surface area contributed by atoms with Crippen LogP contribution in [0.15, 0.2) is 48.5 Å². The molecule has 2 aromatic carbocycles. The molecule has 1 fully saturated rings. The third-order valence-electron chi connectivity index (χ3n) is 5.68. The zero-order chi connectivity index (χ0) is 21.5. The molecule has 1 saturated heterocycles. The van der Waals surface area contributed by atoms with Gasteiger partial charge in [0.1, 0.15) is 5.75 Å². The summed E-state index contributed by atoms with van der Waals surface area (Å²) in [5, 5.41) is 2.96. The van der Waals surface area contributed by atoms with E-state index < -0.39 is 0 Å². The maximum atomic E-state index is 12.5. The van der Waals surface area contributed by atoms with Gasteiger partial charge in [-0.2, -0.15) is 0 Å². The molecule has 0 radical (unpaired) electrons. The Morgan fingerprint density at radius 2 is 1.70 bits per heavy atom. The Morgan fingerprint density at radius 1 is 1.03 bits per heavy atom. The fraction of sp³-hybridized carbons (Fsp3) is 0.417. The number of anilines is 2. The van der Waals surface area contributed by atoms with E-state index in [1.807, 2.05) is 41.3 Å². The van der Waals surface area contributed by atoms with E-state index in [0.29, 0.717) is 24.8 Å². The van der Waals surface area contributed by atoms with E-state index in [9.17, 15) is 9.59 Å². The van der Waals surface area contributed by atoms with E-state index in [2.05, 4.69) is 36.2 Å². The van der Waals surface area contributed by atoms with E-state index in [1.54, 1.807) is 6.92 Å². The van der Waals surface area contributed by atoms with Gasteiger partial charge in [-0.3, -0.25) is 9.59 Å². The number of amides is 2. The summed E-state index contributed by atoms with van der Waals surface area (Å²) in [6, 6.07) is 15.7. The molecule has 0 aliphatic carbocycles. The van der Waals surface area contributed by atoms with Crippen LogP contribution in [0.4, 0.5) is 11.4 Å². The van der Waals surface area contributed by atoms with Crippen LogP contribution < -0.4 is 15.0 Å². The molecule has 6 heteroatoms. The number of nitrogens with one attached hydrogen (secondary N) is 1. The van der Waals surface area contributed by atoms with Gasteiger partial charge in [-0.05, 0) is 42.2 Å². The second-order valence-electron chi connectivity index (χ2n) is 7.73. The highest BCUT2D eigenvalue weighted by Crippen LogP contribution is 2.27. The second kappa shape index (κ2) is 10.1. The Labute approximate surface area is 178 Å². The van der Waals surface area contributed by atoms with Crippen LogP contribution >= 0.6 is 0 Å². The summed E-state index contributed by atoms with van der Waals surface area (Å²) in [7, 11) is 0. The number of rotatable bonds is 7. The van der Waals surface area contributed by atoms with Gasteiger partial charge in [0.15, 0.2) is 6.61 Å². The number of nitrogens with zero attached hydrogens (tertiary/aromatic N) is 2. The van der Waals surface area contributed by atoms with E-state index in [1.165, 1.54) is 5.56 Å². The highest BCUT2D eigenvalue weighted by atomic mass is 16.5. The van der Waals surface area contributed by atoms with Crippen LogP contribution in [-0.4, -0.2) is 49.5 Å². The molecule has 6 nitrogen and oxygen atoms in total. The summed E-state index contributed by atoms with van der Waals surface area (Å²) < 4.78 is 5.66. The van der Waals surface area contributed by atoms with Gasteiger partial charge in [0, 0.05) is 33.1 Å². The van der Waals surface area contributed by atoms with Crippen molar-refractivity contribution in [1.82, 2.24) is 4.90 Å². The van der Waals surface area contributed by atoms with Crippen molar-refractivity contribution in [2.45, 2.75) is 33.1 Å². The zero-order valence-electron chi connectivity index (χ0n) is 18.1. The minimum atomic E-state index is -0.198. The molecule has 1 N–H and O–H groups in total. The fourth-order valence-corrected chi connectivity index (χ4v) is 3.58. The van der Waals surface area contributed by atoms with Gasteiger partial charge < -0.3 is 19.9 Å². The van der Waals surface area contributed by atoms with Crippen molar-refractivity contribution in [2.24, 2.45) is 0 Å². The molecule has 0 saturated carbocycles. The minimum absolute atomic E-state index is 0.0465. The molecule has 2 aromatic rings. The number of piperazine rings is 1. The standard InChI is InChI=1S/C24H31N3O3/c1-4-18(2)20-9-11-21(12-10-20)30-17-24(29)25-22-7-5-6-8-23(22)27-15-13-26(14-16-27)19(3)28/h5-12,18H,4,13-17H2,1-3H3,(H,25,29)/t18-/m1/s1. The molecule has 1 aliphatic heterocycles. The van der Waals surface area contributed by atoms with E-state index >= 15 is 0 Å². The van der Waals surface area contributed by atoms with Crippen LogP contribution in [-0.2, 0) is 9.59 Å². The lowest BCUT2D eigenvalue weighted by atomic mass is 9.99. The third kappa shape index (κ3) is 5.53. The van der Waals surface area contributed by atoms with E-state index in [0.717, 1.165) is 30.9 Å². The van der Waals surface area contributed by atoms with Gasteiger partial charge in [-0.15, -0.1) is 0 Å². The number of para-hydroxylation sites is 2. The molecule has 30 heavy (non-hydrogen) atoms. The first-order valence-electron chi connectivity index (χ1n) is 10.6. The molecule has 0 spiro atoms. The van der Waals surface area contributed by atoms with Crippen molar-refractivity contribution in [1.29, 1.82) is 0 Å². The number of benzene rings is 2. The Balaban J connectivity index is 1.56. The zero-order valence-corrected chi connectivity index (χ0v) is 18.1. The number of carbonyl (C=O) groups is 2. The van der Waals surface area contributed by atoms with Gasteiger partial charge in [0.05, 0.1) is 11.4 Å². The van der Waals surface area contributed by atoms with Crippen molar-refractivity contribution in [3.05, 3.63) is 54.1 Å². The quantitative estimate of drug-likeness (QED) is 0.754. The first-order valence-corrected chi connectivity index (χ1v) is 10.6. The van der Waals surface area contributed by atoms with Crippen LogP contribution in [0, 0.1) is 0 Å². The molecule has 3 rings (SSSR count). The van der Waals surface area contributed by atoms with Crippen molar-refractivity contribution in [3.63, 3.8) is 0 Å². The average molecular weight is 410 g/mol. The number of carbonyl (C=O) groups excluding carboxylic acids is 2. The molecule has 1 atom stereocenters. The van der Waals surface area contributed by atoms with Crippen LogP contribution in [0.25, 0.3) is 0 Å². The van der Waals surface area contributed by atoms with Crippen LogP contribution in [0.2, 0.25) is 0 Å². The number of hydrogen-bond acceptors (Lipinski definition) is 4. The van der Waals surface area contributed by atoms with E-state index in [-0.39, 0.29) is 18.4 Å². The highest BCUT2D eigenvalue weighted by molar-refractivity contribution is 5.95. The van der Waals surface area contributed by atoms with Gasteiger partial charge in [-0.1, -0.05) is 38.1 Å². The predicted octanol–water partition coefficient (Wildman–Crippen LogP) is 3.89. The summed E-state index contributed by atoms with van der Waals surface area (Å²) in [6.45, 7) is 8.77. The maximum Gasteiger partial charge on any atom is 0.262 e. The topological polar surface area (TPSA) is 61.9 Å². The normalized spacial score (nSPS) is 14.9. The second-order valence-corrected chi connectivity index (χ2v) is 7.73. The first-order chi connectivity index (χ1) is 14.5. The van der Waals surface area contributed by atoms with Crippen molar-refractivity contribution in [3.8, 4) is 5.75 Å². The van der Waals surface area contributed by atoms with E-state index in [4.69, 9.17) is 4.74 Å². The summed E-state index contributed by atoms with van der Waals surface area (Å²) in [5.41, 5.74) is 2.99. The lowest BCUT2D eigenvalue weighted by Crippen LogP contribution is -2.48. The Hall–Kier alpha value is -3.02. The molecular weight excluding hydrogens is 378 g/mol. The number of hydrogen-bond donors (Lipinski definition) is 1. The monoisotopic (exact) mass is 409 g/mol. The van der Waals surface area contributed by atoms with Gasteiger partial charge in [0.2, 0.25) is 5.91 Å². The van der Waals surface area contributed by atoms with Crippen LogP contribution in [0.3, 0.4) is 0 Å². The molecule has 0 bridgehead atoms. The molecule has 0 unspecified atom stereocenters. The summed E-state index contributed by atoms with van der Waals surface area (Å²) in [4.78, 5) is 28.1. The average Bonchev–Trinajstić information content (AvgIpc) is 2.78. The lowest BCUT2D eigenvalue weighted by Gasteiger charge is -2.36. The maximum absolute atomic E-state index is 12.5. The Kier molecular flexibility index (Phi) is 7.33. The van der Waals surface area contributed by atoms with Crippen LogP contribution in [0.1, 0.15) is 38.7 Å². The summed E-state index contributed by atoms with van der Waals surface area (Å²) in [5.74, 6) is 1.10. The minimum Gasteiger partial charge on any atom is -0.484 e. The summed E-state index contributed by atoms with van der Waals surface area (Å²) >= 11 is 0. The number of ether oxygens (including phenoxy) is 1. The highest BCUT2D eigenvalue weighted by Gasteiger charge is 2.21. The molecule has 1 heterocycles. The summed E-state index contributed by atoms with van der Waals surface area (Å²) in [6.07, 6.45) is 1.09. The largest absolute Gasteiger partial charge is 0.484 e. The van der Waals surface area contributed by atoms with Crippen molar-refractivity contribution >= 4 is 23.2 Å². The fourth-order valence-electron chi connectivity index (χ4n) is 3.58. The molecule has 0 aromatic heterocycles. The SMILES string of the molecule is CC[C@@H](C)c1ccc(OCC(=O)Nc2ccccc2N2CCN(C(C)=O)CC2)cc1. The Bertz CT molecular complexity index is 858. The first kappa shape index (κ1) is 21.7. The van der Waals surface area contributed by atoms with Crippen LogP contribution in [0.5, 0.6) is 5.75 Å². The van der Waals surface area contributed by atoms with Gasteiger partial charge >= 0.3 is 0 Å². The van der Waals surface area contributed by atoms with Gasteiger partial charge in [0.25, 0.3) is 5.91 Å². The molecule has 160 valence electrons. The smallest absolute Gasteiger partial charge is 0.262 e. The molecule has 2 amide bonds. The molecular formula is C24H31N3O3. The van der Waals surface area contributed by atoms with Gasteiger partial charge in [-0.25, -0.2) is 0 Å². The predicted molar refractivity (Wildman–Crippen MR) is 120 cm³/mol. The van der Waals surface area contributed by atoms with Crippen molar-refractivity contribution in [2.75, 3.05) is 43.0 Å². The molecule has 1 aliphatic rings. The van der Waals surface area contributed by atoms with Crippen molar-refractivity contribution < 1.29 is 14.3 Å².